The van der Waals surface area contributed by atoms with Crippen LogP contribution in [0.2, 0.25) is 0 Å². The number of unbranched alkanes of at least 4 members (excludes halogenated alkanes) is 8. The Hall–Kier alpha value is -6.84. The minimum atomic E-state index is 0. The Labute approximate surface area is 487 Å². The number of nitrogens with zero attached hydrogens (tertiary/aromatic N) is 8. The molecule has 81 heavy (non-hydrogen) atoms. The van der Waals surface area contributed by atoms with Crippen LogP contribution in [0.15, 0.2) is 48.5 Å². The number of benzene rings is 4. The van der Waals surface area contributed by atoms with Gasteiger partial charge in [0, 0.05) is 44.1 Å². The summed E-state index contributed by atoms with van der Waals surface area (Å²) < 4.78 is 53.4. The normalized spacial score (nSPS) is 11.6. The second-order valence-corrected chi connectivity index (χ2v) is 20.3. The van der Waals surface area contributed by atoms with Gasteiger partial charge >= 0.3 is 17.1 Å². The van der Waals surface area contributed by atoms with Crippen molar-refractivity contribution in [1.82, 2.24) is 39.9 Å². The van der Waals surface area contributed by atoms with Gasteiger partial charge < -0.3 is 67.8 Å². The molecule has 2 aliphatic rings. The monoisotopic (exact) mass is 1150 g/mol. The fourth-order valence-electron chi connectivity index (χ4n) is 9.50. The fraction of sp³-hybridized carbons (Fsp3) is 0.500. The van der Waals surface area contributed by atoms with Gasteiger partial charge in [-0.15, -0.1) is 0 Å². The van der Waals surface area contributed by atoms with Crippen LogP contribution in [0, 0.1) is 0 Å². The Morgan fingerprint density at radius 2 is 0.432 bits per heavy atom. The summed E-state index contributed by atoms with van der Waals surface area (Å²) in [7, 11) is 0. The van der Waals surface area contributed by atoms with Crippen molar-refractivity contribution in [2.45, 2.75) is 158 Å². The van der Waals surface area contributed by atoms with E-state index in [1.807, 2.05) is 48.5 Å². The first-order valence-electron chi connectivity index (χ1n) is 29.8. The quantitative estimate of drug-likeness (QED) is 0.0287. The van der Waals surface area contributed by atoms with Crippen LogP contribution >= 0.6 is 0 Å². The van der Waals surface area contributed by atoms with Crippen molar-refractivity contribution in [2.75, 3.05) is 52.9 Å². The number of hydrogen-bond donors (Lipinski definition) is 0. The Morgan fingerprint density at radius 3 is 0.617 bits per heavy atom. The molecule has 0 atom stereocenters. The van der Waals surface area contributed by atoms with E-state index >= 15 is 0 Å². The van der Waals surface area contributed by atoms with Crippen LogP contribution in [0.3, 0.4) is 0 Å². The van der Waals surface area contributed by atoms with Crippen molar-refractivity contribution in [1.29, 1.82) is 0 Å². The van der Waals surface area contributed by atoms with Gasteiger partial charge in [-0.3, -0.25) is 0 Å². The van der Waals surface area contributed by atoms with Crippen molar-refractivity contribution >= 4 is 44.1 Å². The summed E-state index contributed by atoms with van der Waals surface area (Å²) in [5.74, 6) is 5.99. The Bertz CT molecular complexity index is 2970. The van der Waals surface area contributed by atoms with Gasteiger partial charge in [-0.25, -0.2) is 9.97 Å². The van der Waals surface area contributed by atoms with Gasteiger partial charge in [0.1, 0.15) is 46.0 Å². The smallest absolute Gasteiger partial charge is 0.493 e. The minimum absolute atomic E-state index is 0. The maximum atomic E-state index is 6.68. The molecule has 9 rings (SSSR count). The van der Waals surface area contributed by atoms with Crippen LogP contribution in [0.4, 0.5) is 0 Å². The standard InChI is InChI=1S/C64H80N8O8.Cu/c1-9-17-33-73-41-25-26-42(74-34-18-10-2)50-49(41)57-65-58(50)70-60-53-45(77-37-21-13-5)29-30-46(78-38-22-14-6)54(53)62(67-60)72-64-56-48(80-40-24-16-8)32-31-47(79-39-23-15-7)55(56)63(68-64)71-61-52-44(76-36-20-12-4)28-27-43(75-35-19-11-3)51(52)59(66-61)69-57;/h25-32H,9-24,33-40H2,1-8H3;/q-2;+2. The molecule has 0 saturated carbocycles. The number of aromatic nitrogens is 8. The van der Waals surface area contributed by atoms with Gasteiger partial charge in [0.05, 0.1) is 98.4 Å². The molecular weight excluding hydrogens is 1070 g/mol. The van der Waals surface area contributed by atoms with E-state index in [0.29, 0.717) is 189 Å². The Balaban J connectivity index is 0.00000860. The average Bonchev–Trinajstić information content (AvgIpc) is 4.36. The first-order valence-corrected chi connectivity index (χ1v) is 29.8. The van der Waals surface area contributed by atoms with Crippen LogP contribution in [-0.2, 0) is 17.1 Å². The van der Waals surface area contributed by atoms with Crippen molar-refractivity contribution < 1.29 is 55.0 Å². The summed E-state index contributed by atoms with van der Waals surface area (Å²) in [6.45, 7) is 21.0. The zero-order valence-corrected chi connectivity index (χ0v) is 49.7. The second kappa shape index (κ2) is 29.7. The molecule has 5 heterocycles. The predicted octanol–water partition coefficient (Wildman–Crippen LogP) is 15.6. The van der Waals surface area contributed by atoms with E-state index in [4.69, 9.17) is 77.8 Å². The first kappa shape index (κ1) is 60.3. The molecule has 0 fully saturated rings. The maximum Gasteiger partial charge on any atom is 2.00 e. The molecular formula is C64H80CuN8O8. The van der Waals surface area contributed by atoms with Crippen LogP contribution in [0.1, 0.15) is 158 Å². The van der Waals surface area contributed by atoms with Gasteiger partial charge in [0.15, 0.2) is 0 Å². The van der Waals surface area contributed by atoms with E-state index in [2.05, 4.69) is 55.4 Å². The molecule has 0 saturated heterocycles. The molecule has 0 unspecified atom stereocenters. The molecule has 4 aromatic carbocycles. The molecule has 16 nitrogen and oxygen atoms in total. The van der Waals surface area contributed by atoms with Crippen LogP contribution in [-0.4, -0.2) is 82.8 Å². The van der Waals surface area contributed by atoms with Crippen LogP contribution in [0.25, 0.3) is 89.7 Å². The molecule has 0 aliphatic carbocycles. The number of fused-ring (bicyclic) bond motifs is 20. The van der Waals surface area contributed by atoms with Gasteiger partial charge in [-0.05, 0) is 99.9 Å². The molecule has 17 heteroatoms. The van der Waals surface area contributed by atoms with E-state index in [9.17, 15) is 0 Å². The van der Waals surface area contributed by atoms with Crippen molar-refractivity contribution in [3.05, 3.63) is 48.5 Å². The molecule has 435 valence electrons. The third-order valence-electron chi connectivity index (χ3n) is 14.0. The summed E-state index contributed by atoms with van der Waals surface area (Å²) in [6, 6.07) is 15.5. The molecule has 0 N–H and O–H groups in total. The van der Waals surface area contributed by atoms with Crippen LogP contribution < -0.4 is 47.9 Å². The zero-order chi connectivity index (χ0) is 55.8. The summed E-state index contributed by atoms with van der Waals surface area (Å²) >= 11 is 0. The summed E-state index contributed by atoms with van der Waals surface area (Å²) in [4.78, 5) is 43.5. The molecule has 8 bridgehead atoms. The third kappa shape index (κ3) is 13.6. The zero-order valence-electron chi connectivity index (χ0n) is 48.7. The first-order chi connectivity index (χ1) is 39.4. The fourth-order valence-corrected chi connectivity index (χ4v) is 9.50. The van der Waals surface area contributed by atoms with Gasteiger partial charge in [0.2, 0.25) is 0 Å². The Kier molecular flexibility index (Phi) is 22.1. The van der Waals surface area contributed by atoms with Crippen LogP contribution in [0.5, 0.6) is 46.0 Å². The van der Waals surface area contributed by atoms with E-state index in [1.54, 1.807) is 0 Å². The molecule has 7 aromatic rings. The summed E-state index contributed by atoms with van der Waals surface area (Å²) in [5.41, 5.74) is 3.79. The average molecular weight is 1150 g/mol. The number of ether oxygens (including phenoxy) is 8. The molecule has 3 aromatic heterocycles. The Morgan fingerprint density at radius 1 is 0.259 bits per heavy atom. The molecule has 0 spiro atoms. The minimum Gasteiger partial charge on any atom is -0.493 e. The van der Waals surface area contributed by atoms with Crippen molar-refractivity contribution in [2.24, 2.45) is 0 Å². The van der Waals surface area contributed by atoms with E-state index < -0.39 is 0 Å². The molecule has 0 amide bonds. The predicted molar refractivity (Wildman–Crippen MR) is 317 cm³/mol. The maximum absolute atomic E-state index is 6.68. The van der Waals surface area contributed by atoms with Gasteiger partial charge in [-0.2, -0.15) is 0 Å². The topological polar surface area (TPSA) is 179 Å². The second-order valence-electron chi connectivity index (χ2n) is 20.3. The number of hydrogen-bond acceptors (Lipinski definition) is 14. The number of rotatable bonds is 32. The summed E-state index contributed by atoms with van der Waals surface area (Å²) in [6.07, 6.45) is 14.3. The van der Waals surface area contributed by atoms with E-state index in [1.165, 1.54) is 0 Å². The van der Waals surface area contributed by atoms with E-state index in [-0.39, 0.29) is 17.1 Å². The molecule has 2 aliphatic heterocycles. The van der Waals surface area contributed by atoms with Gasteiger partial charge in [0.25, 0.3) is 0 Å². The van der Waals surface area contributed by atoms with E-state index in [0.717, 1.165) is 103 Å². The SMILES string of the molecule is CCCCOc1ccc(OCCCC)c2c1-c1nc-2nc2[n-]c(nc3nc(nc4[n-]c(n1)c1c(OCCCC)ccc(OCCCC)c41)-c1c(OCCCC)ccc(OCCCC)c1-3)c1c(OCCCC)ccc(OCCCC)c21.[Cu+2]. The van der Waals surface area contributed by atoms with Gasteiger partial charge in [-0.1, -0.05) is 107 Å². The van der Waals surface area contributed by atoms with Crippen molar-refractivity contribution in [3.8, 4) is 91.5 Å². The largest absolute Gasteiger partial charge is 2.00 e. The van der Waals surface area contributed by atoms with Crippen molar-refractivity contribution in [3.63, 3.8) is 0 Å². The third-order valence-corrected chi connectivity index (χ3v) is 14.0. The summed E-state index contributed by atoms with van der Waals surface area (Å²) in [5, 5.41) is 2.49. The molecule has 1 radical (unpaired) electrons.